The molecule has 3 atom stereocenters. The van der Waals surface area contributed by atoms with Gasteiger partial charge in [0.1, 0.15) is 5.76 Å². The van der Waals surface area contributed by atoms with Crippen LogP contribution in [0.1, 0.15) is 73.8 Å². The fraction of sp³-hybridized carbons (Fsp3) is 0.455. The zero-order valence-electron chi connectivity index (χ0n) is 24.8. The minimum atomic E-state index is -0.915. The lowest BCUT2D eigenvalue weighted by molar-refractivity contribution is -0.134. The first-order chi connectivity index (χ1) is 20.0. The Bertz CT molecular complexity index is 1380. The van der Waals surface area contributed by atoms with Crippen LogP contribution in [0.3, 0.4) is 0 Å². The lowest BCUT2D eigenvalue weighted by atomic mass is 9.87. The third-order valence-corrected chi connectivity index (χ3v) is 7.82. The van der Waals surface area contributed by atoms with Gasteiger partial charge in [0, 0.05) is 36.2 Å². The molecule has 2 N–H and O–H groups in total. The topological polar surface area (TPSA) is 131 Å². The molecule has 1 saturated carbocycles. The van der Waals surface area contributed by atoms with E-state index in [1.54, 1.807) is 31.5 Å². The smallest absolute Gasteiger partial charge is 0.274 e. The van der Waals surface area contributed by atoms with Gasteiger partial charge in [-0.05, 0) is 68.2 Å². The van der Waals surface area contributed by atoms with Gasteiger partial charge in [0.05, 0.1) is 12.1 Å². The molecule has 42 heavy (non-hydrogen) atoms. The second kappa shape index (κ2) is 13.7. The van der Waals surface area contributed by atoms with Gasteiger partial charge in [-0.15, -0.1) is 0 Å². The quantitative estimate of drug-likeness (QED) is 0.275. The summed E-state index contributed by atoms with van der Waals surface area (Å²) in [4.78, 5) is 58.0. The summed E-state index contributed by atoms with van der Waals surface area (Å²) in [6.07, 6.45) is 5.84. The highest BCUT2D eigenvalue weighted by atomic mass is 16.5. The average Bonchev–Trinajstić information content (AvgIpc) is 3.57. The van der Waals surface area contributed by atoms with E-state index in [-0.39, 0.29) is 41.9 Å². The van der Waals surface area contributed by atoms with Crippen molar-refractivity contribution in [3.8, 4) is 0 Å². The Hall–Kier alpha value is -4.14. The minimum absolute atomic E-state index is 0.0556. The van der Waals surface area contributed by atoms with E-state index in [4.69, 9.17) is 4.52 Å². The number of pyridine rings is 1. The van der Waals surface area contributed by atoms with E-state index in [1.165, 1.54) is 6.07 Å². The lowest BCUT2D eigenvalue weighted by Crippen LogP contribution is -2.48. The first-order valence-corrected chi connectivity index (χ1v) is 14.6. The largest absolute Gasteiger partial charge is 0.361 e. The number of hydrogen-bond donors (Lipinski definition) is 2. The molecule has 9 heteroatoms. The molecule has 2 heterocycles. The number of Topliss-reactive ketones (excluding diaryl/α,β-unsaturated/α-hetero) is 2. The highest BCUT2D eigenvalue weighted by molar-refractivity contribution is 5.99. The van der Waals surface area contributed by atoms with Crippen molar-refractivity contribution in [2.75, 3.05) is 0 Å². The van der Waals surface area contributed by atoms with E-state index in [0.717, 1.165) is 24.0 Å². The molecule has 2 aromatic heterocycles. The van der Waals surface area contributed by atoms with Gasteiger partial charge in [-0.3, -0.25) is 24.2 Å². The number of hydrogen-bond acceptors (Lipinski definition) is 7. The second-order valence-electron chi connectivity index (χ2n) is 12.1. The Morgan fingerprint density at radius 2 is 1.60 bits per heavy atom. The van der Waals surface area contributed by atoms with Gasteiger partial charge in [-0.2, -0.15) is 0 Å². The molecule has 4 rings (SSSR count). The van der Waals surface area contributed by atoms with Gasteiger partial charge < -0.3 is 15.2 Å². The Kier molecular flexibility index (Phi) is 10.0. The molecule has 2 amide bonds. The molecule has 0 spiro atoms. The van der Waals surface area contributed by atoms with Crippen molar-refractivity contribution in [3.05, 3.63) is 83.5 Å². The van der Waals surface area contributed by atoms with E-state index in [1.807, 2.05) is 51.1 Å². The predicted octanol–water partition coefficient (Wildman–Crippen LogP) is 4.44. The predicted molar refractivity (Wildman–Crippen MR) is 157 cm³/mol. The number of nitrogens with one attached hydrogen (secondary N) is 2. The summed E-state index contributed by atoms with van der Waals surface area (Å²) in [7, 11) is 0. The number of amides is 2. The van der Waals surface area contributed by atoms with E-state index in [9.17, 15) is 19.2 Å². The molecule has 0 aliphatic heterocycles. The Labute approximate surface area is 246 Å². The number of carbonyl (C=O) groups excluding carboxylic acids is 4. The summed E-state index contributed by atoms with van der Waals surface area (Å²) in [5.74, 6) is -1.17. The number of carbonyl (C=O) groups is 4. The number of benzene rings is 1. The maximum Gasteiger partial charge on any atom is 0.274 e. The summed E-state index contributed by atoms with van der Waals surface area (Å²) in [6.45, 7) is 7.67. The molecule has 1 aliphatic rings. The molecule has 9 nitrogen and oxygen atoms in total. The van der Waals surface area contributed by atoms with Crippen molar-refractivity contribution < 1.29 is 23.7 Å². The summed E-state index contributed by atoms with van der Waals surface area (Å²) in [5.41, 5.74) is 1.39. The Balaban J connectivity index is 1.56. The minimum Gasteiger partial charge on any atom is -0.361 e. The third kappa shape index (κ3) is 8.44. The van der Waals surface area contributed by atoms with E-state index in [2.05, 4.69) is 20.8 Å². The summed E-state index contributed by atoms with van der Waals surface area (Å²) in [6, 6.07) is 13.0. The first-order valence-electron chi connectivity index (χ1n) is 14.6. The van der Waals surface area contributed by atoms with Crippen LogP contribution in [-0.2, 0) is 27.2 Å². The number of nitrogens with zero attached hydrogens (tertiary/aromatic N) is 2. The van der Waals surface area contributed by atoms with Crippen LogP contribution in [0, 0.1) is 24.2 Å². The van der Waals surface area contributed by atoms with Crippen LogP contribution >= 0.6 is 0 Å². The number of aryl methyl sites for hydroxylation is 1. The lowest BCUT2D eigenvalue weighted by Gasteiger charge is -2.26. The van der Waals surface area contributed by atoms with Gasteiger partial charge in [0.25, 0.3) is 5.91 Å². The molecule has 1 fully saturated rings. The molecule has 1 aromatic carbocycles. The number of aromatic nitrogens is 2. The molecule has 1 aliphatic carbocycles. The molecule has 3 aromatic rings. The fourth-order valence-corrected chi connectivity index (χ4v) is 5.09. The van der Waals surface area contributed by atoms with Crippen LogP contribution in [-0.4, -0.2) is 45.6 Å². The number of rotatable bonds is 15. The van der Waals surface area contributed by atoms with Gasteiger partial charge in [0.2, 0.25) is 5.91 Å². The van der Waals surface area contributed by atoms with Gasteiger partial charge >= 0.3 is 0 Å². The molecular weight excluding hydrogens is 532 g/mol. The van der Waals surface area contributed by atoms with Crippen LogP contribution in [0.5, 0.6) is 0 Å². The SMILES string of the molecule is Cc1cc(C(=O)N[C@@H](Cc2ccncc2)C(=O)C[C@@H](Cc2ccccc2)C(=O)N[C@@H](CC(C)C)C(=O)C2(C)CC2)no1. The fourth-order valence-electron chi connectivity index (χ4n) is 5.09. The van der Waals surface area contributed by atoms with Crippen molar-refractivity contribution in [2.24, 2.45) is 17.3 Å². The maximum absolute atomic E-state index is 13.9. The van der Waals surface area contributed by atoms with Gasteiger partial charge in [0.15, 0.2) is 17.3 Å². The zero-order valence-corrected chi connectivity index (χ0v) is 24.8. The Morgan fingerprint density at radius 3 is 2.19 bits per heavy atom. The summed E-state index contributed by atoms with van der Waals surface area (Å²) in [5, 5.41) is 9.59. The molecule has 0 unspecified atom stereocenters. The van der Waals surface area contributed by atoms with Crippen LogP contribution < -0.4 is 10.6 Å². The van der Waals surface area contributed by atoms with Gasteiger partial charge in [-0.1, -0.05) is 56.3 Å². The van der Waals surface area contributed by atoms with Crippen LogP contribution in [0.4, 0.5) is 0 Å². The van der Waals surface area contributed by atoms with Gasteiger partial charge in [-0.25, -0.2) is 0 Å². The van der Waals surface area contributed by atoms with Crippen molar-refractivity contribution in [2.45, 2.75) is 78.3 Å². The average molecular weight is 573 g/mol. The van der Waals surface area contributed by atoms with Crippen molar-refractivity contribution in [1.82, 2.24) is 20.8 Å². The van der Waals surface area contributed by atoms with Crippen molar-refractivity contribution in [3.63, 3.8) is 0 Å². The first kappa shape index (κ1) is 30.8. The molecule has 0 radical (unpaired) electrons. The van der Waals surface area contributed by atoms with Crippen LogP contribution in [0.15, 0.2) is 65.4 Å². The normalized spacial score (nSPS) is 15.8. The van der Waals surface area contributed by atoms with Crippen molar-refractivity contribution >= 4 is 23.4 Å². The van der Waals surface area contributed by atoms with Crippen LogP contribution in [0.25, 0.3) is 0 Å². The maximum atomic E-state index is 13.9. The second-order valence-corrected chi connectivity index (χ2v) is 12.1. The highest BCUT2D eigenvalue weighted by Gasteiger charge is 2.48. The van der Waals surface area contributed by atoms with E-state index >= 15 is 0 Å². The molecule has 222 valence electrons. The third-order valence-electron chi connectivity index (χ3n) is 7.82. The number of ketones is 2. The summed E-state index contributed by atoms with van der Waals surface area (Å²) < 4.78 is 5.04. The molecular formula is C33H40N4O5. The monoisotopic (exact) mass is 572 g/mol. The molecule has 0 saturated heterocycles. The summed E-state index contributed by atoms with van der Waals surface area (Å²) >= 11 is 0. The zero-order chi connectivity index (χ0) is 30.3. The van der Waals surface area contributed by atoms with E-state index in [0.29, 0.717) is 18.6 Å². The van der Waals surface area contributed by atoms with Crippen molar-refractivity contribution in [1.29, 1.82) is 0 Å². The molecule has 0 bridgehead atoms. The highest BCUT2D eigenvalue weighted by Crippen LogP contribution is 2.47. The van der Waals surface area contributed by atoms with Crippen LogP contribution in [0.2, 0.25) is 0 Å². The van der Waals surface area contributed by atoms with E-state index < -0.39 is 29.3 Å². The Morgan fingerprint density at radius 1 is 0.929 bits per heavy atom. The standard InChI is InChI=1S/C33H40N4O5/c1-21(2)16-27(30(39)33(4)12-13-33)36-31(40)25(18-23-8-6-5-7-9-23)20-29(38)26(19-24-10-14-34-15-11-24)35-32(41)28-17-22(3)42-37-28/h5-11,14-15,17,21,25-27H,12-13,16,18-20H2,1-4H3,(H,35,41)(H,36,40)/t25-,26+,27+/m1/s1.